The van der Waals surface area contributed by atoms with Gasteiger partial charge < -0.3 is 15.2 Å². The van der Waals surface area contributed by atoms with Crippen molar-refractivity contribution < 1.29 is 9.84 Å². The van der Waals surface area contributed by atoms with E-state index in [1.54, 1.807) is 6.92 Å². The van der Waals surface area contributed by atoms with E-state index in [0.717, 1.165) is 19.4 Å². The van der Waals surface area contributed by atoms with Gasteiger partial charge in [-0.1, -0.05) is 6.92 Å². The summed E-state index contributed by atoms with van der Waals surface area (Å²) in [6, 6.07) is 4.13. The van der Waals surface area contributed by atoms with Crippen LogP contribution in [-0.4, -0.2) is 30.4 Å². The molecule has 2 N–H and O–H groups in total. The monoisotopic (exact) mass is 587 g/mol. The van der Waals surface area contributed by atoms with E-state index < -0.39 is 5.60 Å². The van der Waals surface area contributed by atoms with Crippen molar-refractivity contribution in [2.45, 2.75) is 19.4 Å². The van der Waals surface area contributed by atoms with Crippen LogP contribution in [0.4, 0.5) is 0 Å². The molecule has 0 spiro atoms. The molecule has 1 atom stereocenters. The fraction of sp³-hybridized carbons (Fsp3) is 0.500. The standard InChI is InChI=1S/C12H16I3NO2/c1-3-16-6-12(2,17)7-18-11-9(14)4-8(13)5-10(11)15/h4-5,16-17H,3,6-7H2,1-2H3. The zero-order valence-electron chi connectivity index (χ0n) is 10.3. The molecule has 0 aliphatic rings. The van der Waals surface area contributed by atoms with Crippen LogP contribution in [-0.2, 0) is 0 Å². The van der Waals surface area contributed by atoms with Gasteiger partial charge in [-0.05, 0) is 93.4 Å². The first-order chi connectivity index (χ1) is 8.35. The Labute approximate surface area is 149 Å². The second-order valence-electron chi connectivity index (χ2n) is 4.26. The van der Waals surface area contributed by atoms with Crippen LogP contribution in [0.3, 0.4) is 0 Å². The number of hydrogen-bond donors (Lipinski definition) is 2. The van der Waals surface area contributed by atoms with Gasteiger partial charge in [0.05, 0.1) is 7.14 Å². The largest absolute Gasteiger partial charge is 0.488 e. The molecule has 1 rings (SSSR count). The van der Waals surface area contributed by atoms with E-state index in [2.05, 4.69) is 85.2 Å². The predicted molar refractivity (Wildman–Crippen MR) is 99.3 cm³/mol. The van der Waals surface area contributed by atoms with Gasteiger partial charge in [0, 0.05) is 10.1 Å². The molecule has 3 nitrogen and oxygen atoms in total. The Kier molecular flexibility index (Phi) is 7.44. The Morgan fingerprint density at radius 1 is 1.28 bits per heavy atom. The number of benzene rings is 1. The van der Waals surface area contributed by atoms with Crippen LogP contribution in [0.15, 0.2) is 12.1 Å². The van der Waals surface area contributed by atoms with E-state index in [4.69, 9.17) is 4.74 Å². The van der Waals surface area contributed by atoms with E-state index in [-0.39, 0.29) is 6.61 Å². The SMILES string of the molecule is CCNCC(C)(O)COc1c(I)cc(I)cc1I. The molecule has 0 aliphatic carbocycles. The van der Waals surface area contributed by atoms with Gasteiger partial charge in [-0.2, -0.15) is 0 Å². The van der Waals surface area contributed by atoms with Crippen molar-refractivity contribution in [3.05, 3.63) is 22.8 Å². The summed E-state index contributed by atoms with van der Waals surface area (Å²) in [6.45, 7) is 5.45. The summed E-state index contributed by atoms with van der Waals surface area (Å²) in [4.78, 5) is 0. The molecule has 6 heteroatoms. The molecule has 1 aromatic carbocycles. The van der Waals surface area contributed by atoms with Crippen LogP contribution in [0.25, 0.3) is 0 Å². The number of rotatable bonds is 6. The fourth-order valence-corrected chi connectivity index (χ4v) is 5.23. The summed E-state index contributed by atoms with van der Waals surface area (Å²) >= 11 is 6.81. The molecular formula is C12H16I3NO2. The molecular weight excluding hydrogens is 571 g/mol. The number of ether oxygens (including phenoxy) is 1. The Bertz CT molecular complexity index is 387. The van der Waals surface area contributed by atoms with Gasteiger partial charge in [0.1, 0.15) is 18.0 Å². The van der Waals surface area contributed by atoms with Gasteiger partial charge in [-0.25, -0.2) is 0 Å². The van der Waals surface area contributed by atoms with E-state index in [0.29, 0.717) is 6.54 Å². The molecule has 0 heterocycles. The average molecular weight is 587 g/mol. The average Bonchev–Trinajstić information content (AvgIpc) is 2.24. The third-order valence-electron chi connectivity index (χ3n) is 2.25. The van der Waals surface area contributed by atoms with Crippen LogP contribution in [0.1, 0.15) is 13.8 Å². The minimum Gasteiger partial charge on any atom is -0.488 e. The second-order valence-corrected chi connectivity index (χ2v) is 7.83. The topological polar surface area (TPSA) is 41.5 Å². The second kappa shape index (κ2) is 7.79. The van der Waals surface area contributed by atoms with Crippen LogP contribution in [0.5, 0.6) is 5.75 Å². The normalized spacial score (nSPS) is 14.3. The lowest BCUT2D eigenvalue weighted by atomic mass is 10.1. The van der Waals surface area contributed by atoms with Gasteiger partial charge in [-0.15, -0.1) is 0 Å². The fourth-order valence-electron chi connectivity index (χ4n) is 1.34. The molecule has 1 aromatic rings. The first-order valence-corrected chi connectivity index (χ1v) is 8.80. The summed E-state index contributed by atoms with van der Waals surface area (Å²) in [5.74, 6) is 0.855. The van der Waals surface area contributed by atoms with Gasteiger partial charge in [-0.3, -0.25) is 0 Å². The molecule has 0 saturated heterocycles. The van der Waals surface area contributed by atoms with Crippen LogP contribution in [0, 0.1) is 10.7 Å². The highest BCUT2D eigenvalue weighted by molar-refractivity contribution is 14.1. The molecule has 18 heavy (non-hydrogen) atoms. The minimum atomic E-state index is -0.856. The maximum atomic E-state index is 10.1. The highest BCUT2D eigenvalue weighted by Crippen LogP contribution is 2.30. The zero-order chi connectivity index (χ0) is 13.8. The first-order valence-electron chi connectivity index (χ1n) is 5.56. The van der Waals surface area contributed by atoms with Crippen LogP contribution >= 0.6 is 67.8 Å². The Morgan fingerprint density at radius 2 is 1.83 bits per heavy atom. The maximum absolute atomic E-state index is 10.1. The lowest BCUT2D eigenvalue weighted by Crippen LogP contribution is -2.42. The van der Waals surface area contributed by atoms with Gasteiger partial charge in [0.2, 0.25) is 0 Å². The van der Waals surface area contributed by atoms with Crippen LogP contribution < -0.4 is 10.1 Å². The molecule has 0 saturated carbocycles. The molecule has 0 aromatic heterocycles. The molecule has 1 unspecified atom stereocenters. The van der Waals surface area contributed by atoms with Gasteiger partial charge in [0.15, 0.2) is 0 Å². The molecule has 0 radical (unpaired) electrons. The number of halogens is 3. The summed E-state index contributed by atoms with van der Waals surface area (Å²) in [6.07, 6.45) is 0. The Morgan fingerprint density at radius 3 is 2.33 bits per heavy atom. The van der Waals surface area contributed by atoms with Crippen LogP contribution in [0.2, 0.25) is 0 Å². The van der Waals surface area contributed by atoms with Crippen molar-refractivity contribution in [3.63, 3.8) is 0 Å². The van der Waals surface area contributed by atoms with E-state index in [1.807, 2.05) is 6.92 Å². The van der Waals surface area contributed by atoms with Crippen molar-refractivity contribution in [2.75, 3.05) is 19.7 Å². The summed E-state index contributed by atoms with van der Waals surface area (Å²) in [7, 11) is 0. The lowest BCUT2D eigenvalue weighted by molar-refractivity contribution is 0.0122. The van der Waals surface area contributed by atoms with Crippen molar-refractivity contribution in [2.24, 2.45) is 0 Å². The van der Waals surface area contributed by atoms with E-state index in [9.17, 15) is 5.11 Å². The van der Waals surface area contributed by atoms with Crippen molar-refractivity contribution in [3.8, 4) is 5.75 Å². The minimum absolute atomic E-state index is 0.284. The Hall–Kier alpha value is 1.13. The highest BCUT2D eigenvalue weighted by Gasteiger charge is 2.22. The van der Waals surface area contributed by atoms with Crippen molar-refractivity contribution in [1.82, 2.24) is 5.32 Å². The molecule has 102 valence electrons. The summed E-state index contributed by atoms with van der Waals surface area (Å²) in [5, 5.41) is 13.3. The number of aliphatic hydroxyl groups is 1. The quantitative estimate of drug-likeness (QED) is 0.503. The summed E-state index contributed by atoms with van der Waals surface area (Å²) < 4.78 is 9.11. The molecule has 0 amide bonds. The van der Waals surface area contributed by atoms with Gasteiger partial charge in [0.25, 0.3) is 0 Å². The van der Waals surface area contributed by atoms with E-state index in [1.165, 1.54) is 3.57 Å². The third kappa shape index (κ3) is 5.63. The number of nitrogens with one attached hydrogen (secondary N) is 1. The van der Waals surface area contributed by atoms with Gasteiger partial charge >= 0.3 is 0 Å². The first kappa shape index (κ1) is 17.2. The number of likely N-dealkylation sites (N-methyl/N-ethyl adjacent to an activating group) is 1. The third-order valence-corrected chi connectivity index (χ3v) is 4.47. The molecule has 0 bridgehead atoms. The summed E-state index contributed by atoms with van der Waals surface area (Å²) in [5.41, 5.74) is -0.856. The highest BCUT2D eigenvalue weighted by atomic mass is 127. The molecule has 0 fully saturated rings. The molecule has 0 aliphatic heterocycles. The smallest absolute Gasteiger partial charge is 0.146 e. The lowest BCUT2D eigenvalue weighted by Gasteiger charge is -2.24. The predicted octanol–water partition coefficient (Wildman–Crippen LogP) is 3.24. The Balaban J connectivity index is 2.69. The van der Waals surface area contributed by atoms with Crippen molar-refractivity contribution >= 4 is 67.8 Å². The van der Waals surface area contributed by atoms with E-state index >= 15 is 0 Å². The number of hydrogen-bond acceptors (Lipinski definition) is 3. The van der Waals surface area contributed by atoms with Crippen molar-refractivity contribution in [1.29, 1.82) is 0 Å². The maximum Gasteiger partial charge on any atom is 0.146 e. The zero-order valence-corrected chi connectivity index (χ0v) is 16.7.